The van der Waals surface area contributed by atoms with E-state index in [-0.39, 0.29) is 29.8 Å². The number of hydrogen-bond donors (Lipinski definition) is 2. The predicted molar refractivity (Wildman–Crippen MR) is 155 cm³/mol. The van der Waals surface area contributed by atoms with Crippen LogP contribution in [0.5, 0.6) is 0 Å². The maximum Gasteiger partial charge on any atom is 0.408 e. The SMILES string of the molecule is CCCC(C)NC(=O)C(c1ccccc1)N(C(=O)C(CC(C)C)NC(=O)OC(C)(C)C)C(C)CCC(C)C. The summed E-state index contributed by atoms with van der Waals surface area (Å²) in [6.07, 6.45) is 3.24. The van der Waals surface area contributed by atoms with E-state index in [2.05, 4.69) is 31.4 Å². The van der Waals surface area contributed by atoms with Gasteiger partial charge in [0.15, 0.2) is 0 Å². The van der Waals surface area contributed by atoms with E-state index in [0.717, 1.165) is 31.2 Å². The number of ether oxygens (including phenoxy) is 1. The Morgan fingerprint density at radius 2 is 1.47 bits per heavy atom. The van der Waals surface area contributed by atoms with Gasteiger partial charge in [0, 0.05) is 12.1 Å². The summed E-state index contributed by atoms with van der Waals surface area (Å²) in [6.45, 7) is 19.8. The van der Waals surface area contributed by atoms with Crippen molar-refractivity contribution in [3.8, 4) is 0 Å². The van der Waals surface area contributed by atoms with E-state index in [9.17, 15) is 14.4 Å². The van der Waals surface area contributed by atoms with Crippen molar-refractivity contribution in [3.63, 3.8) is 0 Å². The molecule has 38 heavy (non-hydrogen) atoms. The van der Waals surface area contributed by atoms with Crippen molar-refractivity contribution in [2.24, 2.45) is 11.8 Å². The lowest BCUT2D eigenvalue weighted by Crippen LogP contribution is -2.56. The zero-order valence-corrected chi connectivity index (χ0v) is 25.5. The molecule has 4 atom stereocenters. The first-order valence-electron chi connectivity index (χ1n) is 14.3. The van der Waals surface area contributed by atoms with Crippen LogP contribution in [0.3, 0.4) is 0 Å². The quantitative estimate of drug-likeness (QED) is 0.282. The predicted octanol–water partition coefficient (Wildman–Crippen LogP) is 6.63. The van der Waals surface area contributed by atoms with Crippen molar-refractivity contribution < 1.29 is 19.1 Å². The molecule has 0 fully saturated rings. The lowest BCUT2D eigenvalue weighted by atomic mass is 9.95. The average Bonchev–Trinajstić information content (AvgIpc) is 2.79. The van der Waals surface area contributed by atoms with E-state index in [4.69, 9.17) is 4.74 Å². The summed E-state index contributed by atoms with van der Waals surface area (Å²) in [5.41, 5.74) is 0.0563. The van der Waals surface area contributed by atoms with Crippen LogP contribution < -0.4 is 10.6 Å². The number of amides is 3. The molecule has 0 radical (unpaired) electrons. The van der Waals surface area contributed by atoms with Crippen molar-refractivity contribution in [1.29, 1.82) is 0 Å². The molecule has 0 spiro atoms. The molecule has 7 nitrogen and oxygen atoms in total. The molecule has 216 valence electrons. The molecule has 2 N–H and O–H groups in total. The number of hydrogen-bond acceptors (Lipinski definition) is 4. The van der Waals surface area contributed by atoms with Crippen LogP contribution in [0.1, 0.15) is 113 Å². The lowest BCUT2D eigenvalue weighted by Gasteiger charge is -2.39. The second-order valence-corrected chi connectivity index (χ2v) is 12.4. The third kappa shape index (κ3) is 11.9. The summed E-state index contributed by atoms with van der Waals surface area (Å²) in [6, 6.07) is 7.57. The van der Waals surface area contributed by atoms with Crippen LogP contribution >= 0.6 is 0 Å². The molecule has 0 aliphatic carbocycles. The van der Waals surface area contributed by atoms with Crippen molar-refractivity contribution in [3.05, 3.63) is 35.9 Å². The van der Waals surface area contributed by atoms with Crippen molar-refractivity contribution in [2.75, 3.05) is 0 Å². The number of benzene rings is 1. The summed E-state index contributed by atoms with van der Waals surface area (Å²) in [5.74, 6) is 0.116. The Balaban J connectivity index is 3.56. The first-order valence-corrected chi connectivity index (χ1v) is 14.3. The fourth-order valence-electron chi connectivity index (χ4n) is 4.54. The van der Waals surface area contributed by atoms with Gasteiger partial charge in [0.2, 0.25) is 11.8 Å². The third-order valence-electron chi connectivity index (χ3n) is 6.34. The number of rotatable bonds is 14. The van der Waals surface area contributed by atoms with Gasteiger partial charge in [0.25, 0.3) is 0 Å². The number of nitrogens with zero attached hydrogens (tertiary/aromatic N) is 1. The summed E-state index contributed by atoms with van der Waals surface area (Å²) in [4.78, 5) is 42.7. The number of alkyl carbamates (subject to hydrolysis) is 1. The van der Waals surface area contributed by atoms with Crippen LogP contribution in [0, 0.1) is 11.8 Å². The summed E-state index contributed by atoms with van der Waals surface area (Å²) < 4.78 is 5.49. The van der Waals surface area contributed by atoms with Crippen LogP contribution in [0.2, 0.25) is 0 Å². The maximum atomic E-state index is 14.4. The minimum absolute atomic E-state index is 0.0204. The monoisotopic (exact) mass is 531 g/mol. The summed E-state index contributed by atoms with van der Waals surface area (Å²) >= 11 is 0. The van der Waals surface area contributed by atoms with Crippen LogP contribution in [-0.4, -0.2) is 46.5 Å². The molecule has 0 saturated heterocycles. The van der Waals surface area contributed by atoms with E-state index in [0.29, 0.717) is 12.3 Å². The molecule has 1 rings (SSSR count). The van der Waals surface area contributed by atoms with Crippen molar-refractivity contribution in [1.82, 2.24) is 15.5 Å². The van der Waals surface area contributed by atoms with E-state index in [1.54, 1.807) is 25.7 Å². The van der Waals surface area contributed by atoms with Gasteiger partial charge in [-0.05, 0) is 77.7 Å². The normalized spacial score (nSPS) is 14.9. The Kier molecular flexibility index (Phi) is 13.9. The molecule has 7 heteroatoms. The molecule has 0 aliphatic heterocycles. The average molecular weight is 532 g/mol. The Hall–Kier alpha value is -2.57. The molecule has 0 bridgehead atoms. The molecule has 1 aromatic carbocycles. The molecule has 3 amide bonds. The summed E-state index contributed by atoms with van der Waals surface area (Å²) in [7, 11) is 0. The van der Waals surface area contributed by atoms with E-state index in [1.807, 2.05) is 58.0 Å². The number of nitrogens with one attached hydrogen (secondary N) is 2. The van der Waals surface area contributed by atoms with Gasteiger partial charge < -0.3 is 20.3 Å². The minimum atomic E-state index is -0.821. The number of carbonyl (C=O) groups is 3. The van der Waals surface area contributed by atoms with Crippen molar-refractivity contribution >= 4 is 17.9 Å². The Bertz CT molecular complexity index is 864. The highest BCUT2D eigenvalue weighted by Gasteiger charge is 2.39. The maximum absolute atomic E-state index is 14.4. The van der Waals surface area contributed by atoms with Crippen LogP contribution in [0.4, 0.5) is 4.79 Å². The van der Waals surface area contributed by atoms with Crippen LogP contribution in [0.15, 0.2) is 30.3 Å². The van der Waals surface area contributed by atoms with Gasteiger partial charge in [-0.1, -0.05) is 71.4 Å². The first-order chi connectivity index (χ1) is 17.7. The van der Waals surface area contributed by atoms with E-state index < -0.39 is 23.8 Å². The second-order valence-electron chi connectivity index (χ2n) is 12.4. The highest BCUT2D eigenvalue weighted by atomic mass is 16.6. The molecule has 0 aromatic heterocycles. The van der Waals surface area contributed by atoms with Gasteiger partial charge in [-0.3, -0.25) is 9.59 Å². The van der Waals surface area contributed by atoms with Gasteiger partial charge in [0.1, 0.15) is 17.7 Å². The molecule has 0 heterocycles. The highest BCUT2D eigenvalue weighted by molar-refractivity contribution is 5.92. The van der Waals surface area contributed by atoms with Gasteiger partial charge in [0.05, 0.1) is 0 Å². The Morgan fingerprint density at radius 3 is 1.97 bits per heavy atom. The van der Waals surface area contributed by atoms with Gasteiger partial charge >= 0.3 is 6.09 Å². The van der Waals surface area contributed by atoms with Crippen LogP contribution in [-0.2, 0) is 14.3 Å². The van der Waals surface area contributed by atoms with Gasteiger partial charge in [-0.15, -0.1) is 0 Å². The Morgan fingerprint density at radius 1 is 0.868 bits per heavy atom. The largest absolute Gasteiger partial charge is 0.444 e. The molecular weight excluding hydrogens is 478 g/mol. The molecule has 0 saturated carbocycles. The smallest absolute Gasteiger partial charge is 0.408 e. The minimum Gasteiger partial charge on any atom is -0.444 e. The molecule has 0 aliphatic rings. The van der Waals surface area contributed by atoms with Crippen molar-refractivity contribution in [2.45, 2.75) is 131 Å². The first kappa shape index (κ1) is 33.5. The van der Waals surface area contributed by atoms with E-state index in [1.165, 1.54) is 0 Å². The fourth-order valence-corrected chi connectivity index (χ4v) is 4.54. The Labute approximate surface area is 231 Å². The summed E-state index contributed by atoms with van der Waals surface area (Å²) in [5, 5.41) is 5.97. The molecular formula is C31H53N3O4. The van der Waals surface area contributed by atoms with Gasteiger partial charge in [-0.25, -0.2) is 4.79 Å². The number of carbonyl (C=O) groups excluding carboxylic acids is 3. The van der Waals surface area contributed by atoms with E-state index >= 15 is 0 Å². The third-order valence-corrected chi connectivity index (χ3v) is 6.34. The molecule has 1 aromatic rings. The fraction of sp³-hybridized carbons (Fsp3) is 0.710. The zero-order valence-electron chi connectivity index (χ0n) is 25.5. The molecule has 4 unspecified atom stereocenters. The zero-order chi connectivity index (χ0) is 29.0. The highest BCUT2D eigenvalue weighted by Crippen LogP contribution is 2.28. The standard InChI is InChI=1S/C31H53N3O4/c1-11-15-23(6)32-28(35)27(25-16-13-12-14-17-25)34(24(7)19-18-21(2)3)29(36)26(20-22(4)5)33-30(37)38-31(8,9)10/h12-14,16-17,21-24,26-27H,11,15,18-20H2,1-10H3,(H,32,35)(H,33,37). The lowest BCUT2D eigenvalue weighted by molar-refractivity contribution is -0.145. The second kappa shape index (κ2) is 15.7. The van der Waals surface area contributed by atoms with Gasteiger partial charge in [-0.2, -0.15) is 0 Å². The van der Waals surface area contributed by atoms with Crippen LogP contribution in [0.25, 0.3) is 0 Å². The topological polar surface area (TPSA) is 87.7 Å².